The molecule has 0 radical (unpaired) electrons. The number of carboxylic acid groups (broad SMARTS) is 1. The zero-order valence-corrected chi connectivity index (χ0v) is 8.60. The first-order valence-corrected chi connectivity index (χ1v) is 4.51. The van der Waals surface area contributed by atoms with Crippen LogP contribution in [0.5, 0.6) is 0 Å². The van der Waals surface area contributed by atoms with E-state index in [1.54, 1.807) is 26.2 Å². The van der Waals surface area contributed by atoms with Gasteiger partial charge in [0.25, 0.3) is 5.91 Å². The lowest BCUT2D eigenvalue weighted by Gasteiger charge is -2.09. The van der Waals surface area contributed by atoms with Gasteiger partial charge in [-0.2, -0.15) is 5.10 Å². The van der Waals surface area contributed by atoms with Gasteiger partial charge in [0, 0.05) is 19.3 Å². The normalized spacial score (nSPS) is 12.1. The number of aryl methyl sites for hydroxylation is 1. The van der Waals surface area contributed by atoms with E-state index >= 15 is 0 Å². The summed E-state index contributed by atoms with van der Waals surface area (Å²) in [5, 5.41) is 14.9. The zero-order valence-electron chi connectivity index (χ0n) is 8.60. The van der Waals surface area contributed by atoms with Crippen molar-refractivity contribution in [3.05, 3.63) is 18.0 Å². The summed E-state index contributed by atoms with van der Waals surface area (Å²) >= 11 is 0. The Morgan fingerprint density at radius 2 is 2.33 bits per heavy atom. The molecule has 1 amide bonds. The van der Waals surface area contributed by atoms with Gasteiger partial charge in [0.15, 0.2) is 0 Å². The minimum absolute atomic E-state index is 0.0986. The standard InChI is InChI=1S/C9H13N3O3/c1-6(5-8(13)14)10-9(15)7-3-4-12(2)11-7/h3-4,6H,5H2,1-2H3,(H,10,15)(H,13,14). The van der Waals surface area contributed by atoms with Crippen LogP contribution in [0.2, 0.25) is 0 Å². The Labute approximate surface area is 86.9 Å². The van der Waals surface area contributed by atoms with Crippen molar-refractivity contribution < 1.29 is 14.7 Å². The SMILES string of the molecule is CC(CC(=O)O)NC(=O)c1ccn(C)n1. The van der Waals surface area contributed by atoms with Gasteiger partial charge in [-0.25, -0.2) is 0 Å². The Kier molecular flexibility index (Phi) is 3.43. The minimum atomic E-state index is -0.941. The highest BCUT2D eigenvalue weighted by atomic mass is 16.4. The van der Waals surface area contributed by atoms with Crippen LogP contribution < -0.4 is 5.32 Å². The van der Waals surface area contributed by atoms with Crippen LogP contribution in [-0.2, 0) is 11.8 Å². The Balaban J connectivity index is 2.52. The molecule has 1 rings (SSSR count). The van der Waals surface area contributed by atoms with E-state index in [1.165, 1.54) is 4.68 Å². The third-order valence-corrected chi connectivity index (χ3v) is 1.80. The monoisotopic (exact) mass is 211 g/mol. The molecule has 82 valence electrons. The smallest absolute Gasteiger partial charge is 0.305 e. The molecule has 0 aliphatic rings. The Morgan fingerprint density at radius 1 is 1.67 bits per heavy atom. The first kappa shape index (κ1) is 11.2. The number of hydrogen-bond acceptors (Lipinski definition) is 3. The molecule has 15 heavy (non-hydrogen) atoms. The molecule has 1 heterocycles. The second-order valence-electron chi connectivity index (χ2n) is 3.35. The average molecular weight is 211 g/mol. The highest BCUT2D eigenvalue weighted by molar-refractivity contribution is 5.92. The van der Waals surface area contributed by atoms with Gasteiger partial charge in [0.2, 0.25) is 0 Å². The first-order valence-electron chi connectivity index (χ1n) is 4.51. The van der Waals surface area contributed by atoms with Crippen LogP contribution in [0.25, 0.3) is 0 Å². The number of aliphatic carboxylic acids is 1. The van der Waals surface area contributed by atoms with Crippen LogP contribution >= 0.6 is 0 Å². The maximum absolute atomic E-state index is 11.5. The molecule has 0 aliphatic carbocycles. The molecular weight excluding hydrogens is 198 g/mol. The minimum Gasteiger partial charge on any atom is -0.481 e. The van der Waals surface area contributed by atoms with E-state index in [0.717, 1.165) is 0 Å². The van der Waals surface area contributed by atoms with Crippen molar-refractivity contribution in [2.24, 2.45) is 7.05 Å². The van der Waals surface area contributed by atoms with Crippen molar-refractivity contribution in [3.8, 4) is 0 Å². The summed E-state index contributed by atoms with van der Waals surface area (Å²) < 4.78 is 1.51. The average Bonchev–Trinajstić information content (AvgIpc) is 2.49. The first-order chi connectivity index (χ1) is 6.99. The van der Waals surface area contributed by atoms with Gasteiger partial charge in [-0.1, -0.05) is 0 Å². The number of nitrogens with one attached hydrogen (secondary N) is 1. The fourth-order valence-electron chi connectivity index (χ4n) is 1.15. The number of nitrogens with zero attached hydrogens (tertiary/aromatic N) is 2. The van der Waals surface area contributed by atoms with E-state index < -0.39 is 12.0 Å². The van der Waals surface area contributed by atoms with E-state index in [1.807, 2.05) is 0 Å². The van der Waals surface area contributed by atoms with Gasteiger partial charge in [-0.05, 0) is 13.0 Å². The lowest BCUT2D eigenvalue weighted by Crippen LogP contribution is -2.34. The molecule has 6 heteroatoms. The summed E-state index contributed by atoms with van der Waals surface area (Å²) in [7, 11) is 1.71. The molecule has 0 spiro atoms. The third-order valence-electron chi connectivity index (χ3n) is 1.80. The van der Waals surface area contributed by atoms with Crippen molar-refractivity contribution >= 4 is 11.9 Å². The molecule has 1 atom stereocenters. The highest BCUT2D eigenvalue weighted by Gasteiger charge is 2.13. The van der Waals surface area contributed by atoms with E-state index in [2.05, 4.69) is 10.4 Å². The van der Waals surface area contributed by atoms with Crippen molar-refractivity contribution in [1.82, 2.24) is 15.1 Å². The lowest BCUT2D eigenvalue weighted by molar-refractivity contribution is -0.137. The second-order valence-corrected chi connectivity index (χ2v) is 3.35. The highest BCUT2D eigenvalue weighted by Crippen LogP contribution is 1.97. The van der Waals surface area contributed by atoms with Crippen molar-refractivity contribution in [1.29, 1.82) is 0 Å². The summed E-state index contributed by atoms with van der Waals surface area (Å²) in [6.07, 6.45) is 1.55. The molecular formula is C9H13N3O3. The molecule has 0 fully saturated rings. The summed E-state index contributed by atoms with van der Waals surface area (Å²) in [4.78, 5) is 21.8. The van der Waals surface area contributed by atoms with Crippen molar-refractivity contribution in [2.75, 3.05) is 0 Å². The zero-order chi connectivity index (χ0) is 11.4. The number of aromatic nitrogens is 2. The van der Waals surface area contributed by atoms with Gasteiger partial charge >= 0.3 is 5.97 Å². The molecule has 0 bridgehead atoms. The quantitative estimate of drug-likeness (QED) is 0.735. The van der Waals surface area contributed by atoms with E-state index in [4.69, 9.17) is 5.11 Å². The predicted molar refractivity (Wildman–Crippen MR) is 52.4 cm³/mol. The van der Waals surface area contributed by atoms with E-state index in [9.17, 15) is 9.59 Å². The van der Waals surface area contributed by atoms with Gasteiger partial charge < -0.3 is 10.4 Å². The maximum Gasteiger partial charge on any atom is 0.305 e. The Morgan fingerprint density at radius 3 is 2.80 bits per heavy atom. The van der Waals surface area contributed by atoms with Crippen LogP contribution in [0.1, 0.15) is 23.8 Å². The van der Waals surface area contributed by atoms with Crippen LogP contribution in [0.4, 0.5) is 0 Å². The molecule has 0 aliphatic heterocycles. The largest absolute Gasteiger partial charge is 0.481 e. The summed E-state index contributed by atoms with van der Waals surface area (Å²) in [6.45, 7) is 1.63. The number of rotatable bonds is 4. The van der Waals surface area contributed by atoms with Gasteiger partial charge in [-0.15, -0.1) is 0 Å². The van der Waals surface area contributed by atoms with Gasteiger partial charge in [-0.3, -0.25) is 14.3 Å². The molecule has 2 N–H and O–H groups in total. The summed E-state index contributed by atoms with van der Waals surface area (Å²) in [5.41, 5.74) is 0.287. The van der Waals surface area contributed by atoms with Crippen LogP contribution in [0.15, 0.2) is 12.3 Å². The maximum atomic E-state index is 11.5. The van der Waals surface area contributed by atoms with Crippen molar-refractivity contribution in [3.63, 3.8) is 0 Å². The number of carboxylic acids is 1. The molecule has 0 aromatic carbocycles. The van der Waals surface area contributed by atoms with E-state index in [-0.39, 0.29) is 18.0 Å². The van der Waals surface area contributed by atoms with Crippen LogP contribution in [0, 0.1) is 0 Å². The third kappa shape index (κ3) is 3.41. The van der Waals surface area contributed by atoms with E-state index in [0.29, 0.717) is 0 Å². The number of amides is 1. The molecule has 1 aromatic rings. The van der Waals surface area contributed by atoms with Crippen LogP contribution in [-0.4, -0.2) is 32.8 Å². The predicted octanol–water partition coefficient (Wildman–Crippen LogP) is 0.0131. The molecule has 1 unspecified atom stereocenters. The topological polar surface area (TPSA) is 84.2 Å². The number of carbonyl (C=O) groups is 2. The molecule has 6 nitrogen and oxygen atoms in total. The van der Waals surface area contributed by atoms with Gasteiger partial charge in [0.05, 0.1) is 6.42 Å². The molecule has 0 saturated heterocycles. The molecule has 1 aromatic heterocycles. The Bertz CT molecular complexity index is 372. The lowest BCUT2D eigenvalue weighted by atomic mass is 10.2. The fraction of sp³-hybridized carbons (Fsp3) is 0.444. The van der Waals surface area contributed by atoms with Crippen molar-refractivity contribution in [2.45, 2.75) is 19.4 Å². The summed E-state index contributed by atoms with van der Waals surface area (Å²) in [5.74, 6) is -1.30. The Hall–Kier alpha value is -1.85. The number of carbonyl (C=O) groups excluding carboxylic acids is 1. The molecule has 0 saturated carbocycles. The fourth-order valence-corrected chi connectivity index (χ4v) is 1.15. The second kappa shape index (κ2) is 4.59. The van der Waals surface area contributed by atoms with Crippen LogP contribution in [0.3, 0.4) is 0 Å². The van der Waals surface area contributed by atoms with Gasteiger partial charge in [0.1, 0.15) is 5.69 Å². The number of hydrogen-bond donors (Lipinski definition) is 2. The summed E-state index contributed by atoms with van der Waals surface area (Å²) in [6, 6.07) is 1.17.